The van der Waals surface area contributed by atoms with E-state index in [1.807, 2.05) is 48.9 Å². The molecule has 1 saturated heterocycles. The van der Waals surface area contributed by atoms with E-state index in [1.165, 1.54) is 0 Å². The fourth-order valence-electron chi connectivity index (χ4n) is 4.61. The Balaban J connectivity index is 1.44. The van der Waals surface area contributed by atoms with Gasteiger partial charge in [0.2, 0.25) is 0 Å². The van der Waals surface area contributed by atoms with E-state index < -0.39 is 5.60 Å². The van der Waals surface area contributed by atoms with Gasteiger partial charge in [0.25, 0.3) is 0 Å². The maximum Gasteiger partial charge on any atom is 0.137 e. The van der Waals surface area contributed by atoms with Gasteiger partial charge in [-0.2, -0.15) is 5.10 Å². The molecule has 1 atom stereocenters. The first-order chi connectivity index (χ1) is 16.2. The molecule has 4 aromatic heterocycles. The van der Waals surface area contributed by atoms with E-state index in [1.54, 1.807) is 18.5 Å². The number of nitrogens with zero attached hydrogens (tertiary/aromatic N) is 5. The van der Waals surface area contributed by atoms with Gasteiger partial charge in [0.15, 0.2) is 0 Å². The molecule has 0 radical (unpaired) electrons. The molecule has 4 aromatic rings. The third kappa shape index (κ3) is 4.69. The first-order valence-corrected chi connectivity index (χ1v) is 11.8. The summed E-state index contributed by atoms with van der Waals surface area (Å²) in [4.78, 5) is 9.53. The summed E-state index contributed by atoms with van der Waals surface area (Å²) in [5, 5.41) is 21.7. The van der Waals surface area contributed by atoms with E-state index >= 15 is 0 Å². The van der Waals surface area contributed by atoms with E-state index in [-0.39, 0.29) is 5.41 Å². The molecule has 178 valence electrons. The molecule has 5 heterocycles. The molecule has 0 bridgehead atoms. The summed E-state index contributed by atoms with van der Waals surface area (Å²) in [6.07, 6.45) is 8.80. The Kier molecular flexibility index (Phi) is 5.65. The van der Waals surface area contributed by atoms with Crippen LogP contribution in [0.25, 0.3) is 28.2 Å². The van der Waals surface area contributed by atoms with Crippen molar-refractivity contribution in [1.29, 1.82) is 0 Å². The second-order valence-corrected chi connectivity index (χ2v) is 10.6. The zero-order valence-electron chi connectivity index (χ0n) is 20.3. The number of fused-ring (bicyclic) bond motifs is 1. The third-order valence-corrected chi connectivity index (χ3v) is 6.49. The summed E-state index contributed by atoms with van der Waals surface area (Å²) in [7, 11) is 0. The highest BCUT2D eigenvalue weighted by Gasteiger charge is 2.32. The predicted molar refractivity (Wildman–Crippen MR) is 135 cm³/mol. The van der Waals surface area contributed by atoms with Gasteiger partial charge < -0.3 is 15.7 Å². The van der Waals surface area contributed by atoms with Gasteiger partial charge in [-0.05, 0) is 56.5 Å². The lowest BCUT2D eigenvalue weighted by Crippen LogP contribution is -2.49. The number of nitrogens with one attached hydrogen (secondary N) is 2. The van der Waals surface area contributed by atoms with Gasteiger partial charge in [-0.15, -0.1) is 0 Å². The Hall–Kier alpha value is -3.23. The molecule has 1 unspecified atom stereocenters. The Morgan fingerprint density at radius 3 is 2.79 bits per heavy atom. The number of hydrogen-bond donors (Lipinski definition) is 3. The molecule has 1 fully saturated rings. The lowest BCUT2D eigenvalue weighted by molar-refractivity contribution is 0.0577. The molecule has 0 spiro atoms. The summed E-state index contributed by atoms with van der Waals surface area (Å²) in [5.74, 6) is 0.886. The molecule has 3 N–H and O–H groups in total. The van der Waals surface area contributed by atoms with Gasteiger partial charge in [0.05, 0.1) is 35.9 Å². The molecular weight excluding hydrogens is 426 g/mol. The highest BCUT2D eigenvalue weighted by molar-refractivity contribution is 5.67. The van der Waals surface area contributed by atoms with Crippen LogP contribution in [0.4, 0.5) is 5.82 Å². The maximum atomic E-state index is 10.1. The van der Waals surface area contributed by atoms with Crippen LogP contribution >= 0.6 is 0 Å². The van der Waals surface area contributed by atoms with Crippen molar-refractivity contribution in [2.24, 2.45) is 5.41 Å². The molecule has 0 amide bonds. The quantitative estimate of drug-likeness (QED) is 0.406. The lowest BCUT2D eigenvalue weighted by Gasteiger charge is -2.39. The van der Waals surface area contributed by atoms with Gasteiger partial charge in [0, 0.05) is 36.1 Å². The highest BCUT2D eigenvalue weighted by Crippen LogP contribution is 2.29. The molecule has 0 aliphatic carbocycles. The Bertz CT molecular complexity index is 1300. The number of aromatic nitrogens is 5. The largest absolute Gasteiger partial charge is 0.389 e. The molecule has 8 heteroatoms. The zero-order chi connectivity index (χ0) is 23.9. The van der Waals surface area contributed by atoms with Crippen LogP contribution in [0.15, 0.2) is 55.1 Å². The summed E-state index contributed by atoms with van der Waals surface area (Å²) in [6.45, 7) is 10.6. The highest BCUT2D eigenvalue weighted by atomic mass is 16.3. The second kappa shape index (κ2) is 8.52. The van der Waals surface area contributed by atoms with Crippen molar-refractivity contribution in [3.8, 4) is 22.5 Å². The van der Waals surface area contributed by atoms with Crippen LogP contribution in [-0.4, -0.2) is 54.0 Å². The number of aliphatic hydroxyl groups is 1. The van der Waals surface area contributed by atoms with Crippen LogP contribution in [0, 0.1) is 5.41 Å². The first-order valence-electron chi connectivity index (χ1n) is 11.8. The predicted octanol–water partition coefficient (Wildman–Crippen LogP) is 3.83. The van der Waals surface area contributed by atoms with Crippen molar-refractivity contribution in [3.63, 3.8) is 0 Å². The van der Waals surface area contributed by atoms with Gasteiger partial charge in [-0.25, -0.2) is 9.97 Å². The van der Waals surface area contributed by atoms with Crippen molar-refractivity contribution in [3.05, 3.63) is 55.1 Å². The minimum absolute atomic E-state index is 0.157. The summed E-state index contributed by atoms with van der Waals surface area (Å²) in [6, 6.07) is 10.5. The normalized spacial score (nSPS) is 18.3. The lowest BCUT2D eigenvalue weighted by atomic mass is 9.80. The monoisotopic (exact) mass is 459 g/mol. The zero-order valence-corrected chi connectivity index (χ0v) is 20.3. The van der Waals surface area contributed by atoms with E-state index in [4.69, 9.17) is 4.98 Å². The fourth-order valence-corrected chi connectivity index (χ4v) is 4.61. The van der Waals surface area contributed by atoms with E-state index in [2.05, 4.69) is 45.2 Å². The molecular formula is C26H33N7O. The van der Waals surface area contributed by atoms with Crippen LogP contribution in [0.1, 0.15) is 34.1 Å². The second-order valence-electron chi connectivity index (χ2n) is 10.6. The van der Waals surface area contributed by atoms with Gasteiger partial charge >= 0.3 is 0 Å². The smallest absolute Gasteiger partial charge is 0.137 e. The van der Waals surface area contributed by atoms with Crippen LogP contribution in [0.2, 0.25) is 0 Å². The molecule has 5 rings (SSSR count). The van der Waals surface area contributed by atoms with Crippen LogP contribution < -0.4 is 10.6 Å². The Morgan fingerprint density at radius 2 is 2.00 bits per heavy atom. The average Bonchev–Trinajstić information content (AvgIpc) is 3.41. The minimum atomic E-state index is -0.821. The van der Waals surface area contributed by atoms with E-state index in [0.29, 0.717) is 12.6 Å². The maximum absolute atomic E-state index is 10.1. The Labute approximate surface area is 200 Å². The number of anilines is 1. The molecule has 0 aromatic carbocycles. The average molecular weight is 460 g/mol. The van der Waals surface area contributed by atoms with Crippen molar-refractivity contribution in [1.82, 2.24) is 29.5 Å². The minimum Gasteiger partial charge on any atom is -0.389 e. The van der Waals surface area contributed by atoms with Crippen molar-refractivity contribution in [2.45, 2.75) is 52.3 Å². The van der Waals surface area contributed by atoms with Gasteiger partial charge in [0.1, 0.15) is 11.5 Å². The first kappa shape index (κ1) is 22.6. The molecule has 1 aliphatic rings. The van der Waals surface area contributed by atoms with Crippen molar-refractivity contribution >= 4 is 11.5 Å². The molecule has 8 nitrogen and oxygen atoms in total. The van der Waals surface area contributed by atoms with Crippen LogP contribution in [0.3, 0.4) is 0 Å². The number of imidazole rings is 1. The standard InChI is InChI=1S/C26H33N7O/c1-25(2)16-27-11-10-22(25)31-23-7-5-6-20(30-23)21-13-28-24-9-8-18(15-33(21)24)19-12-29-32(14-19)17-26(3,4)34/h5-9,12-15,22,27,34H,10-11,16-17H2,1-4H3,(H,30,31). The Morgan fingerprint density at radius 1 is 1.15 bits per heavy atom. The van der Waals surface area contributed by atoms with Gasteiger partial charge in [-0.3, -0.25) is 9.08 Å². The fraction of sp³-hybridized carbons (Fsp3) is 0.423. The van der Waals surface area contributed by atoms with Crippen LogP contribution in [0.5, 0.6) is 0 Å². The SMILES string of the molecule is CC(C)(O)Cn1cc(-c2ccc3ncc(-c4cccc(NC5CCNCC5(C)C)n4)n3c2)cn1. The van der Waals surface area contributed by atoms with E-state index in [9.17, 15) is 5.11 Å². The summed E-state index contributed by atoms with van der Waals surface area (Å²) in [5.41, 5.74) is 4.03. The summed E-state index contributed by atoms with van der Waals surface area (Å²) >= 11 is 0. The number of piperidine rings is 1. The van der Waals surface area contributed by atoms with Crippen molar-refractivity contribution in [2.75, 3.05) is 18.4 Å². The number of pyridine rings is 2. The summed E-state index contributed by atoms with van der Waals surface area (Å²) < 4.78 is 3.84. The molecule has 34 heavy (non-hydrogen) atoms. The van der Waals surface area contributed by atoms with E-state index in [0.717, 1.165) is 53.5 Å². The number of rotatable bonds is 6. The topological polar surface area (TPSA) is 92.3 Å². The molecule has 1 aliphatic heterocycles. The molecule has 0 saturated carbocycles. The van der Waals surface area contributed by atoms with Gasteiger partial charge in [-0.1, -0.05) is 19.9 Å². The third-order valence-electron chi connectivity index (χ3n) is 6.49. The number of hydrogen-bond acceptors (Lipinski definition) is 6. The van der Waals surface area contributed by atoms with Crippen molar-refractivity contribution < 1.29 is 5.11 Å². The van der Waals surface area contributed by atoms with Crippen LogP contribution in [-0.2, 0) is 6.54 Å².